The average Bonchev–Trinajstić information content (AvgIpc) is 2.62. The Balaban J connectivity index is -0.000000296. The first kappa shape index (κ1) is 29.1. The zero-order valence-corrected chi connectivity index (χ0v) is 18.7. The fraction of sp³-hybridized carbons (Fsp3) is 0.455. The topological polar surface area (TPSA) is 66.1 Å². The van der Waals surface area contributed by atoms with Gasteiger partial charge in [0.15, 0.2) is 0 Å². The lowest BCUT2D eigenvalue weighted by Gasteiger charge is -2.03. The molecule has 2 rings (SSSR count). The normalized spacial score (nSPS) is 9.42. The van der Waals surface area contributed by atoms with Crippen LogP contribution in [0.3, 0.4) is 0 Å². The first-order chi connectivity index (χ1) is 12.3. The minimum atomic E-state index is -2.09. The number of rotatable bonds is 1. The standard InChI is InChI=1S/C7H9N.C7H8O2S.2C3H8.C2H6/c1-6-4-2-3-5-7(6)8;1-6-2-4-7(5-3-6)10(8)9;2*1-3-2;1-2/h2-5H,8H2,1H3;2-5H,1H3,(H,8,9);2*3H2,1-2H3;1-2H3/p-1. The Hall–Kier alpha value is -1.65. The molecule has 0 aliphatic rings. The highest BCUT2D eigenvalue weighted by Crippen LogP contribution is 2.06. The van der Waals surface area contributed by atoms with Crippen molar-refractivity contribution in [3.05, 3.63) is 59.7 Å². The summed E-state index contributed by atoms with van der Waals surface area (Å²) in [6, 6.07) is 14.5. The molecule has 1 unspecified atom stereocenters. The Morgan fingerprint density at radius 3 is 1.50 bits per heavy atom. The molecule has 150 valence electrons. The summed E-state index contributed by atoms with van der Waals surface area (Å²) in [7, 11) is 0. The third kappa shape index (κ3) is 18.7. The van der Waals surface area contributed by atoms with Crippen LogP contribution in [0.15, 0.2) is 53.4 Å². The largest absolute Gasteiger partial charge is 0.768 e. The van der Waals surface area contributed by atoms with Gasteiger partial charge < -0.3 is 10.3 Å². The molecule has 0 amide bonds. The number of hydrogen-bond donors (Lipinski definition) is 1. The van der Waals surface area contributed by atoms with Crippen molar-refractivity contribution in [3.8, 4) is 0 Å². The van der Waals surface area contributed by atoms with Crippen molar-refractivity contribution in [1.29, 1.82) is 0 Å². The Kier molecular flexibility index (Phi) is 24.0. The molecule has 0 bridgehead atoms. The second-order valence-corrected chi connectivity index (χ2v) is 6.26. The first-order valence-corrected chi connectivity index (χ1v) is 10.4. The highest BCUT2D eigenvalue weighted by atomic mass is 32.2. The molecule has 0 aliphatic heterocycles. The summed E-state index contributed by atoms with van der Waals surface area (Å²) in [5.74, 6) is 0. The van der Waals surface area contributed by atoms with Gasteiger partial charge in [-0.2, -0.15) is 0 Å². The van der Waals surface area contributed by atoms with E-state index in [4.69, 9.17) is 5.73 Å². The van der Waals surface area contributed by atoms with Crippen LogP contribution in [0.1, 0.15) is 65.5 Å². The second-order valence-electron chi connectivity index (χ2n) is 5.32. The molecule has 26 heavy (non-hydrogen) atoms. The molecule has 1 atom stereocenters. The van der Waals surface area contributed by atoms with Crippen LogP contribution < -0.4 is 5.73 Å². The van der Waals surface area contributed by atoms with Crippen molar-refractivity contribution < 1.29 is 8.76 Å². The van der Waals surface area contributed by atoms with E-state index in [2.05, 4.69) is 27.7 Å². The van der Waals surface area contributed by atoms with Gasteiger partial charge >= 0.3 is 0 Å². The van der Waals surface area contributed by atoms with E-state index >= 15 is 0 Å². The Morgan fingerprint density at radius 1 is 0.846 bits per heavy atom. The molecular formula is C22H38NO2S-. The Bertz CT molecular complexity index is 531. The van der Waals surface area contributed by atoms with Crippen molar-refractivity contribution in [3.63, 3.8) is 0 Å². The number of anilines is 1. The SMILES string of the molecule is CC.CCC.CCC.Cc1ccc(S(=O)[O-])cc1.Cc1ccccc1N. The number of aryl methyl sites for hydroxylation is 2. The number of benzene rings is 2. The van der Waals surface area contributed by atoms with Crippen molar-refractivity contribution in [2.24, 2.45) is 0 Å². The Labute approximate surface area is 164 Å². The molecular weight excluding hydrogens is 342 g/mol. The third-order valence-electron chi connectivity index (χ3n) is 2.40. The van der Waals surface area contributed by atoms with E-state index in [1.807, 2.05) is 52.0 Å². The van der Waals surface area contributed by atoms with E-state index in [0.717, 1.165) is 16.8 Å². The summed E-state index contributed by atoms with van der Waals surface area (Å²) < 4.78 is 20.6. The monoisotopic (exact) mass is 380 g/mol. The van der Waals surface area contributed by atoms with Gasteiger partial charge in [0.2, 0.25) is 0 Å². The molecule has 2 aromatic rings. The van der Waals surface area contributed by atoms with E-state index in [9.17, 15) is 8.76 Å². The van der Waals surface area contributed by atoms with Gasteiger partial charge in [0.25, 0.3) is 0 Å². The third-order valence-corrected chi connectivity index (χ3v) is 3.06. The van der Waals surface area contributed by atoms with Crippen LogP contribution in [0.25, 0.3) is 0 Å². The van der Waals surface area contributed by atoms with Crippen LogP contribution in [-0.2, 0) is 11.1 Å². The average molecular weight is 381 g/mol. The predicted octanol–water partition coefficient (Wildman–Crippen LogP) is 6.67. The van der Waals surface area contributed by atoms with Crippen molar-refractivity contribution in [2.75, 3.05) is 5.73 Å². The molecule has 2 aromatic carbocycles. The van der Waals surface area contributed by atoms with Crippen molar-refractivity contribution in [2.45, 2.75) is 73.1 Å². The number of hydrogen-bond acceptors (Lipinski definition) is 3. The smallest absolute Gasteiger partial charge is 0.0343 e. The van der Waals surface area contributed by atoms with E-state index in [-0.39, 0.29) is 0 Å². The summed E-state index contributed by atoms with van der Waals surface area (Å²) in [6.07, 6.45) is 2.50. The van der Waals surface area contributed by atoms with Crippen molar-refractivity contribution >= 4 is 16.8 Å². The maximum Gasteiger partial charge on any atom is 0.0343 e. The maximum absolute atomic E-state index is 10.3. The number of nitrogen functional groups attached to an aromatic ring is 1. The van der Waals surface area contributed by atoms with E-state index in [1.54, 1.807) is 24.3 Å². The number of para-hydroxylation sites is 1. The summed E-state index contributed by atoms with van der Waals surface area (Å²) in [6.45, 7) is 16.4. The van der Waals surface area contributed by atoms with Gasteiger partial charge in [0.05, 0.1) is 0 Å². The molecule has 0 spiro atoms. The van der Waals surface area contributed by atoms with E-state index < -0.39 is 11.1 Å². The quantitative estimate of drug-likeness (QED) is 0.444. The molecule has 0 aromatic heterocycles. The highest BCUT2D eigenvalue weighted by Gasteiger charge is 1.88. The van der Waals surface area contributed by atoms with Crippen LogP contribution in [0.5, 0.6) is 0 Å². The van der Waals surface area contributed by atoms with E-state index in [0.29, 0.717) is 4.90 Å². The molecule has 0 aliphatic carbocycles. The van der Waals surface area contributed by atoms with Gasteiger partial charge in [-0.3, -0.25) is 4.21 Å². The van der Waals surface area contributed by atoms with Gasteiger partial charge in [-0.1, -0.05) is 90.3 Å². The number of nitrogens with two attached hydrogens (primary N) is 1. The van der Waals surface area contributed by atoms with Crippen LogP contribution in [-0.4, -0.2) is 8.76 Å². The van der Waals surface area contributed by atoms with E-state index in [1.165, 1.54) is 12.8 Å². The fourth-order valence-corrected chi connectivity index (χ4v) is 1.59. The van der Waals surface area contributed by atoms with Crippen molar-refractivity contribution in [1.82, 2.24) is 0 Å². The molecule has 2 N–H and O–H groups in total. The predicted molar refractivity (Wildman–Crippen MR) is 117 cm³/mol. The van der Waals surface area contributed by atoms with Crippen LogP contribution in [0.4, 0.5) is 5.69 Å². The minimum Gasteiger partial charge on any atom is -0.768 e. The molecule has 0 saturated heterocycles. The first-order valence-electron chi connectivity index (χ1n) is 9.30. The molecule has 0 radical (unpaired) electrons. The van der Waals surface area contributed by atoms with Crippen LogP contribution in [0, 0.1) is 13.8 Å². The summed E-state index contributed by atoms with van der Waals surface area (Å²) in [4.78, 5) is 0.339. The van der Waals surface area contributed by atoms with Gasteiger partial charge in [0, 0.05) is 10.6 Å². The van der Waals surface area contributed by atoms with Gasteiger partial charge in [-0.15, -0.1) is 0 Å². The summed E-state index contributed by atoms with van der Waals surface area (Å²) >= 11 is -2.09. The van der Waals surface area contributed by atoms with Crippen LogP contribution in [0.2, 0.25) is 0 Å². The highest BCUT2D eigenvalue weighted by molar-refractivity contribution is 7.79. The molecule has 4 heteroatoms. The molecule has 0 heterocycles. The summed E-state index contributed by atoms with van der Waals surface area (Å²) in [5.41, 5.74) is 8.60. The van der Waals surface area contributed by atoms with Gasteiger partial charge in [-0.25, -0.2) is 0 Å². The zero-order valence-electron chi connectivity index (χ0n) is 17.8. The molecule has 0 fully saturated rings. The second kappa shape index (κ2) is 21.4. The van der Waals surface area contributed by atoms with Gasteiger partial charge in [-0.05, 0) is 48.7 Å². The summed E-state index contributed by atoms with van der Waals surface area (Å²) in [5, 5.41) is 0. The fourth-order valence-electron chi connectivity index (χ4n) is 1.24. The van der Waals surface area contributed by atoms with Gasteiger partial charge in [0.1, 0.15) is 0 Å². The minimum absolute atomic E-state index is 0.339. The Morgan fingerprint density at radius 2 is 1.23 bits per heavy atom. The lowest BCUT2D eigenvalue weighted by Crippen LogP contribution is -1.87. The molecule has 0 saturated carbocycles. The molecule has 3 nitrogen and oxygen atoms in total. The lowest BCUT2D eigenvalue weighted by molar-refractivity contribution is 0.537. The lowest BCUT2D eigenvalue weighted by atomic mass is 10.2. The maximum atomic E-state index is 10.3. The zero-order chi connectivity index (χ0) is 21.0. The van der Waals surface area contributed by atoms with Crippen LogP contribution >= 0.6 is 0 Å².